The average Bonchev–Trinajstić information content (AvgIpc) is 4.36. The van der Waals surface area contributed by atoms with Crippen LogP contribution in [0, 0.1) is 0 Å². The Morgan fingerprint density at radius 2 is 1.05 bits per heavy atom. The molecule has 3 fully saturated rings. The number of primary sulfonamides is 2. The number of nitrogens with zero attached hydrogens (tertiary/aromatic N) is 9. The van der Waals surface area contributed by atoms with Crippen molar-refractivity contribution in [1.82, 2.24) is 60.5 Å². The van der Waals surface area contributed by atoms with E-state index >= 15 is 0 Å². The van der Waals surface area contributed by atoms with Gasteiger partial charge in [0.1, 0.15) is 22.6 Å². The van der Waals surface area contributed by atoms with E-state index in [1.54, 1.807) is 55.7 Å². The van der Waals surface area contributed by atoms with Crippen LogP contribution in [-0.2, 0) is 20.0 Å². The van der Waals surface area contributed by atoms with Crippen LogP contribution in [0.3, 0.4) is 0 Å². The molecule has 16 N–H and O–H groups in total. The van der Waals surface area contributed by atoms with E-state index in [9.17, 15) is 16.8 Å². The fraction of sp³-hybridized carbons (Fsp3) is 0.312. The number of unbranched alkanes of at least 4 members (excludes halogenated alkanes) is 1. The Labute approximate surface area is 466 Å². The summed E-state index contributed by atoms with van der Waals surface area (Å²) in [5, 5.41) is 56.7. The molecule has 30 heteroatoms. The molecule has 0 bridgehead atoms. The number of hydrogen-bond donors (Lipinski definition) is 12. The molecule has 0 amide bonds. The molecule has 0 saturated heterocycles. The van der Waals surface area contributed by atoms with E-state index in [0.717, 1.165) is 30.3 Å². The van der Waals surface area contributed by atoms with Crippen LogP contribution in [0.5, 0.6) is 0 Å². The molecule has 11 rings (SSSR count). The van der Waals surface area contributed by atoms with Crippen molar-refractivity contribution in [2.45, 2.75) is 92.8 Å². The maximum Gasteiger partial charge on any atom is 0.238 e. The van der Waals surface area contributed by atoms with Crippen molar-refractivity contribution in [2.75, 3.05) is 40.6 Å². The molecule has 6 aromatic heterocycles. The second-order valence-electron chi connectivity index (χ2n) is 17.1. The number of sulfonamides is 2. The molecule has 0 radical (unpaired) electrons. The van der Waals surface area contributed by atoms with Gasteiger partial charge in [-0.2, -0.15) is 20.3 Å². The van der Waals surface area contributed by atoms with E-state index in [-0.39, 0.29) is 27.0 Å². The number of aromatic amines is 3. The Morgan fingerprint density at radius 3 is 1.46 bits per heavy atom. The van der Waals surface area contributed by atoms with E-state index in [1.807, 2.05) is 18.2 Å². The van der Waals surface area contributed by atoms with Gasteiger partial charge in [-0.15, -0.1) is 0 Å². The number of H-pyrrole nitrogens is 3. The van der Waals surface area contributed by atoms with Crippen LogP contribution in [0.1, 0.15) is 100 Å². The maximum atomic E-state index is 11.4. The summed E-state index contributed by atoms with van der Waals surface area (Å²) < 4.78 is 44.3. The number of aliphatic hydroxyl groups excluding tert-OH is 2. The number of aromatic nitrogens is 12. The van der Waals surface area contributed by atoms with E-state index in [1.165, 1.54) is 86.4 Å². The Hall–Kier alpha value is -7.08. The molecule has 8 aromatic rings. The van der Waals surface area contributed by atoms with Gasteiger partial charge < -0.3 is 37.6 Å². The Kier molecular flexibility index (Phi) is 24.4. The second-order valence-corrected chi connectivity index (χ2v) is 21.3. The van der Waals surface area contributed by atoms with Gasteiger partial charge >= 0.3 is 0 Å². The summed E-state index contributed by atoms with van der Waals surface area (Å²) in [5.41, 5.74) is 15.1. The van der Waals surface area contributed by atoms with E-state index in [2.05, 4.69) is 83.4 Å². The number of halogens is 3. The molecule has 0 spiro atoms. The molecule has 25 nitrogen and oxygen atoms in total. The van der Waals surface area contributed by atoms with Gasteiger partial charge in [0.15, 0.2) is 11.6 Å². The van der Waals surface area contributed by atoms with Crippen LogP contribution in [0.2, 0.25) is 15.7 Å². The SMILES string of the molecule is CCCCO.CCO.Clc1ccnc(Cl)n1.Clc1nccc(Nc2cc(C3CC3)[nH]n2)n1.NS(=O)(=O)c1cccc(Nc2nccc(Nc3cc(C4CC4)[nH]n3)n2)c1.Nc1cc(C2CC2)[nH]n1.Nc1cccc(S(N)(=O)=O)c1. The third kappa shape index (κ3) is 23.3. The van der Waals surface area contributed by atoms with Gasteiger partial charge in [-0.25, -0.2) is 52.0 Å². The lowest BCUT2D eigenvalue weighted by Crippen LogP contribution is -2.12. The maximum absolute atomic E-state index is 11.4. The van der Waals surface area contributed by atoms with Gasteiger partial charge in [0.05, 0.1) is 9.79 Å². The minimum Gasteiger partial charge on any atom is -0.399 e. The van der Waals surface area contributed by atoms with Crippen molar-refractivity contribution in [3.05, 3.63) is 136 Å². The molecule has 78 heavy (non-hydrogen) atoms. The number of hydrogen-bond acceptors (Lipinski definition) is 20. The lowest BCUT2D eigenvalue weighted by atomic mass is 10.3. The third-order valence-electron chi connectivity index (χ3n) is 10.4. The molecule has 2 aromatic carbocycles. The minimum atomic E-state index is -3.77. The predicted molar refractivity (Wildman–Crippen MR) is 302 cm³/mol. The second kappa shape index (κ2) is 30.8. The first-order valence-electron chi connectivity index (χ1n) is 24.2. The molecule has 0 aliphatic heterocycles. The summed E-state index contributed by atoms with van der Waals surface area (Å²) in [6.45, 7) is 4.33. The fourth-order valence-electron chi connectivity index (χ4n) is 6.16. The molecule has 418 valence electrons. The number of aliphatic hydroxyl groups is 2. The van der Waals surface area contributed by atoms with Crippen LogP contribution in [0.4, 0.5) is 46.4 Å². The van der Waals surface area contributed by atoms with Crippen LogP contribution in [0.25, 0.3) is 0 Å². The summed E-state index contributed by atoms with van der Waals surface area (Å²) in [7, 11) is -7.38. The Morgan fingerprint density at radius 1 is 0.577 bits per heavy atom. The van der Waals surface area contributed by atoms with Crippen molar-refractivity contribution >= 4 is 101 Å². The number of anilines is 8. The zero-order valence-electron chi connectivity index (χ0n) is 42.4. The van der Waals surface area contributed by atoms with E-state index in [4.69, 9.17) is 66.8 Å². The Bertz CT molecular complexity index is 3300. The predicted octanol–water partition coefficient (Wildman–Crippen LogP) is 8.03. The van der Waals surface area contributed by atoms with Crippen LogP contribution in [0.15, 0.2) is 113 Å². The highest BCUT2D eigenvalue weighted by Crippen LogP contribution is 2.41. The number of nitrogens with two attached hydrogens (primary N) is 4. The quantitative estimate of drug-likeness (QED) is 0.0295. The third-order valence-corrected chi connectivity index (χ3v) is 12.8. The normalized spacial score (nSPS) is 13.2. The number of benzene rings is 2. The van der Waals surface area contributed by atoms with Crippen LogP contribution in [-0.4, -0.2) is 101 Å². The molecule has 0 unspecified atom stereocenters. The number of rotatable bonds is 13. The van der Waals surface area contributed by atoms with Gasteiger partial charge in [0.2, 0.25) is 36.6 Å². The zero-order chi connectivity index (χ0) is 56.7. The molecule has 0 atom stereocenters. The summed E-state index contributed by atoms with van der Waals surface area (Å²) in [6.07, 6.45) is 14.2. The topological polar surface area (TPSA) is 412 Å². The summed E-state index contributed by atoms with van der Waals surface area (Å²) in [6, 6.07) is 22.9. The lowest BCUT2D eigenvalue weighted by molar-refractivity contribution is 0.287. The van der Waals surface area contributed by atoms with Gasteiger partial charge in [-0.05, 0) is 130 Å². The molecule has 3 aliphatic carbocycles. The number of nitrogen functional groups attached to an aromatic ring is 2. The van der Waals surface area contributed by atoms with Gasteiger partial charge in [-0.1, -0.05) is 37.1 Å². The van der Waals surface area contributed by atoms with Crippen molar-refractivity contribution in [2.24, 2.45) is 10.3 Å². The Balaban J connectivity index is 0.000000185. The highest BCUT2D eigenvalue weighted by molar-refractivity contribution is 7.89. The van der Waals surface area contributed by atoms with Crippen molar-refractivity contribution < 1.29 is 27.0 Å². The molecule has 6 heterocycles. The summed E-state index contributed by atoms with van der Waals surface area (Å²) in [4.78, 5) is 23.6. The van der Waals surface area contributed by atoms with Gasteiger partial charge in [0, 0.05) is 96.2 Å². The fourth-order valence-corrected chi connectivity index (χ4v) is 7.77. The van der Waals surface area contributed by atoms with E-state index < -0.39 is 20.0 Å². The smallest absolute Gasteiger partial charge is 0.238 e. The van der Waals surface area contributed by atoms with Gasteiger partial charge in [-0.3, -0.25) is 15.3 Å². The minimum absolute atomic E-state index is 0.0147. The molecular weight excluding hydrogens is 1110 g/mol. The first-order chi connectivity index (χ1) is 37.3. The molecule has 3 aliphatic rings. The zero-order valence-corrected chi connectivity index (χ0v) is 46.3. The average molecular weight is 1170 g/mol. The molecule has 3 saturated carbocycles. The largest absolute Gasteiger partial charge is 0.399 e. The first kappa shape index (κ1) is 61.8. The van der Waals surface area contributed by atoms with Gasteiger partial charge in [0.25, 0.3) is 0 Å². The standard InChI is InChI=1S/C16H17N7O2S.C10H10ClN5.C6H9N3.C6H8N2O2S.C4H2Cl2N2.C4H10O.C2H6O/c17-26(24,25)12-3-1-2-11(8-12)19-16-18-7-6-14(21-16)20-15-9-13(22-23-15)10-4-5-10;11-10-12-4-3-8(14-10)13-9-5-7(15-16-9)6-1-2-6;7-6-3-5(8-9-6)4-1-2-4;7-5-2-1-3-6(4-5)11(8,9)10;5-3-1-2-7-4(6)8-3;1-2-3-4-5;1-2-3/h1-3,6-10H,4-5H2,(H2,17,24,25)(H3,18,19,20,21,22,23);3-6H,1-2H2,(H2,12,13,14,15,16);3-4H,1-2H2,(H3,7,8,9);1-4H,7H2,(H2,8,9,10);1-2H;5H,2-4H2,1H3;3H,2H2,1H3. The highest BCUT2D eigenvalue weighted by Gasteiger charge is 2.27. The van der Waals surface area contributed by atoms with Crippen molar-refractivity contribution in [3.8, 4) is 0 Å². The number of nitrogens with one attached hydrogen (secondary N) is 6. The van der Waals surface area contributed by atoms with Crippen LogP contribution < -0.4 is 37.7 Å². The highest BCUT2D eigenvalue weighted by atomic mass is 35.5. The van der Waals surface area contributed by atoms with Crippen molar-refractivity contribution in [1.29, 1.82) is 0 Å². The summed E-state index contributed by atoms with van der Waals surface area (Å²) in [5.74, 6) is 5.58. The monoisotopic (exact) mass is 1170 g/mol. The molecular formula is C48H62Cl3N19O6S2. The lowest BCUT2D eigenvalue weighted by Gasteiger charge is -2.08. The first-order valence-corrected chi connectivity index (χ1v) is 28.4. The summed E-state index contributed by atoms with van der Waals surface area (Å²) >= 11 is 16.4. The van der Waals surface area contributed by atoms with Crippen LogP contribution >= 0.6 is 34.8 Å². The van der Waals surface area contributed by atoms with Crippen molar-refractivity contribution in [3.63, 3.8) is 0 Å². The van der Waals surface area contributed by atoms with E-state index in [0.29, 0.717) is 64.2 Å².